The molecule has 0 aliphatic rings. The van der Waals surface area contributed by atoms with Crippen LogP contribution in [0.25, 0.3) is 44.1 Å². The number of para-hydroxylation sites is 3. The maximum atomic E-state index is 5.42. The first-order chi connectivity index (χ1) is 11.8. The second-order valence-electron chi connectivity index (χ2n) is 5.56. The Bertz CT molecular complexity index is 1250. The van der Waals surface area contributed by atoms with Crippen LogP contribution in [0.4, 0.5) is 0 Å². The highest BCUT2D eigenvalue weighted by molar-refractivity contribution is 6.05. The number of rotatable bonds is 1. The molecule has 5 aromatic rings. The summed E-state index contributed by atoms with van der Waals surface area (Å²) in [5.74, 6) is 0.702. The lowest BCUT2D eigenvalue weighted by Crippen LogP contribution is -1.95. The van der Waals surface area contributed by atoms with E-state index in [0.717, 1.165) is 44.1 Å². The summed E-state index contributed by atoms with van der Waals surface area (Å²) >= 11 is 0. The average Bonchev–Trinajstić information content (AvgIpc) is 2.64. The van der Waals surface area contributed by atoms with Crippen LogP contribution in [0.1, 0.15) is 0 Å². The number of aromatic nitrogens is 4. The van der Waals surface area contributed by atoms with Crippen molar-refractivity contribution in [1.82, 2.24) is 19.9 Å². The number of hydrogen-bond acceptors (Lipinski definition) is 5. The zero-order valence-electron chi connectivity index (χ0n) is 12.9. The number of ether oxygens (including phenoxy) is 1. The predicted octanol–water partition coefficient (Wildman–Crippen LogP) is 3.89. The van der Waals surface area contributed by atoms with Gasteiger partial charge in [0.2, 0.25) is 0 Å². The minimum Gasteiger partial charge on any atom is -0.494 e. The summed E-state index contributed by atoms with van der Waals surface area (Å²) in [6.45, 7) is 0. The molecule has 5 heteroatoms. The molecule has 0 saturated carbocycles. The van der Waals surface area contributed by atoms with Crippen LogP contribution in [-0.4, -0.2) is 27.0 Å². The zero-order chi connectivity index (χ0) is 16.1. The number of benzene rings is 3. The van der Waals surface area contributed by atoms with E-state index >= 15 is 0 Å². The molecule has 0 aliphatic carbocycles. The second-order valence-corrected chi connectivity index (χ2v) is 5.56. The van der Waals surface area contributed by atoms with Crippen molar-refractivity contribution in [3.63, 3.8) is 0 Å². The van der Waals surface area contributed by atoms with Crippen LogP contribution in [0.3, 0.4) is 0 Å². The molecule has 0 spiro atoms. The standard InChI is InChI=1S/C19H12N4O/c1-24-16-8-4-7-13-17(16)23-19-15(21-13)10-9-14-18(19)22-12-6-3-2-5-11(12)20-14/h2-10H,1H3. The number of methoxy groups -OCH3 is 1. The molecule has 0 atom stereocenters. The molecule has 0 fully saturated rings. The fourth-order valence-corrected chi connectivity index (χ4v) is 2.98. The van der Waals surface area contributed by atoms with Crippen molar-refractivity contribution in [2.24, 2.45) is 0 Å². The quantitative estimate of drug-likeness (QED) is 0.347. The minimum absolute atomic E-state index is 0.702. The second kappa shape index (κ2) is 4.83. The van der Waals surface area contributed by atoms with Crippen molar-refractivity contribution in [2.75, 3.05) is 7.11 Å². The van der Waals surface area contributed by atoms with Crippen molar-refractivity contribution in [2.45, 2.75) is 0 Å². The monoisotopic (exact) mass is 312 g/mol. The molecule has 3 aromatic carbocycles. The molecule has 0 radical (unpaired) electrons. The van der Waals surface area contributed by atoms with Gasteiger partial charge in [-0.1, -0.05) is 18.2 Å². The van der Waals surface area contributed by atoms with Gasteiger partial charge in [0.25, 0.3) is 0 Å². The lowest BCUT2D eigenvalue weighted by molar-refractivity contribution is 0.419. The van der Waals surface area contributed by atoms with E-state index in [1.807, 2.05) is 54.6 Å². The maximum absolute atomic E-state index is 5.42. The summed E-state index contributed by atoms with van der Waals surface area (Å²) in [5.41, 5.74) is 6.35. The fourth-order valence-electron chi connectivity index (χ4n) is 2.98. The number of fused-ring (bicyclic) bond motifs is 5. The van der Waals surface area contributed by atoms with Gasteiger partial charge in [0.1, 0.15) is 22.3 Å². The normalized spacial score (nSPS) is 11.5. The molecule has 24 heavy (non-hydrogen) atoms. The van der Waals surface area contributed by atoms with Gasteiger partial charge in [-0.05, 0) is 36.4 Å². The fraction of sp³-hybridized carbons (Fsp3) is 0.0526. The van der Waals surface area contributed by atoms with Gasteiger partial charge in [-0.15, -0.1) is 0 Å². The molecule has 2 aromatic heterocycles. The third-order valence-electron chi connectivity index (χ3n) is 4.13. The van der Waals surface area contributed by atoms with E-state index in [-0.39, 0.29) is 0 Å². The maximum Gasteiger partial charge on any atom is 0.146 e. The van der Waals surface area contributed by atoms with E-state index in [1.54, 1.807) is 7.11 Å². The summed E-state index contributed by atoms with van der Waals surface area (Å²) in [5, 5.41) is 0. The van der Waals surface area contributed by atoms with Gasteiger partial charge >= 0.3 is 0 Å². The Labute approximate surface area is 137 Å². The van der Waals surface area contributed by atoms with Crippen molar-refractivity contribution in [3.05, 3.63) is 54.6 Å². The topological polar surface area (TPSA) is 60.8 Å². The van der Waals surface area contributed by atoms with Crippen LogP contribution in [0.5, 0.6) is 5.75 Å². The van der Waals surface area contributed by atoms with Crippen molar-refractivity contribution in [3.8, 4) is 5.75 Å². The summed E-state index contributed by atoms with van der Waals surface area (Å²) in [7, 11) is 1.64. The highest BCUT2D eigenvalue weighted by Crippen LogP contribution is 2.28. The molecule has 2 heterocycles. The van der Waals surface area contributed by atoms with Crippen molar-refractivity contribution >= 4 is 44.1 Å². The van der Waals surface area contributed by atoms with E-state index in [2.05, 4.69) is 4.98 Å². The Balaban J connectivity index is 1.97. The third kappa shape index (κ3) is 1.81. The van der Waals surface area contributed by atoms with Gasteiger partial charge in [-0.2, -0.15) is 0 Å². The van der Waals surface area contributed by atoms with Gasteiger partial charge in [0.05, 0.1) is 34.7 Å². The highest BCUT2D eigenvalue weighted by atomic mass is 16.5. The Hall–Kier alpha value is -3.34. The molecular formula is C19H12N4O. The van der Waals surface area contributed by atoms with Crippen LogP contribution in [0, 0.1) is 0 Å². The van der Waals surface area contributed by atoms with Crippen LogP contribution >= 0.6 is 0 Å². The van der Waals surface area contributed by atoms with E-state index in [0.29, 0.717) is 5.75 Å². The Morgan fingerprint density at radius 1 is 0.542 bits per heavy atom. The molecule has 0 aliphatic heterocycles. The van der Waals surface area contributed by atoms with Gasteiger partial charge < -0.3 is 4.74 Å². The highest BCUT2D eigenvalue weighted by Gasteiger charge is 2.11. The molecule has 0 amide bonds. The number of hydrogen-bond donors (Lipinski definition) is 0. The van der Waals surface area contributed by atoms with Gasteiger partial charge in [-0.25, -0.2) is 19.9 Å². The summed E-state index contributed by atoms with van der Waals surface area (Å²) in [6, 6.07) is 17.4. The lowest BCUT2D eigenvalue weighted by atomic mass is 10.2. The Morgan fingerprint density at radius 2 is 1.12 bits per heavy atom. The molecule has 0 N–H and O–H groups in total. The minimum atomic E-state index is 0.702. The first-order valence-corrected chi connectivity index (χ1v) is 7.63. The lowest BCUT2D eigenvalue weighted by Gasteiger charge is -2.07. The Kier molecular flexibility index (Phi) is 2.64. The van der Waals surface area contributed by atoms with E-state index in [4.69, 9.17) is 19.7 Å². The molecule has 0 bridgehead atoms. The molecule has 0 saturated heterocycles. The van der Waals surface area contributed by atoms with E-state index in [1.165, 1.54) is 0 Å². The SMILES string of the molecule is COc1cccc2nc3ccc4nc5ccccc5nc4c3nc12. The summed E-state index contributed by atoms with van der Waals surface area (Å²) in [4.78, 5) is 19.0. The predicted molar refractivity (Wildman–Crippen MR) is 94.2 cm³/mol. The summed E-state index contributed by atoms with van der Waals surface area (Å²) in [6.07, 6.45) is 0. The van der Waals surface area contributed by atoms with Crippen LogP contribution in [-0.2, 0) is 0 Å². The molecule has 5 nitrogen and oxygen atoms in total. The van der Waals surface area contributed by atoms with Crippen molar-refractivity contribution in [1.29, 1.82) is 0 Å². The third-order valence-corrected chi connectivity index (χ3v) is 4.13. The average molecular weight is 312 g/mol. The molecule has 114 valence electrons. The van der Waals surface area contributed by atoms with Crippen LogP contribution < -0.4 is 4.74 Å². The number of nitrogens with zero attached hydrogens (tertiary/aromatic N) is 4. The van der Waals surface area contributed by atoms with Crippen LogP contribution in [0.15, 0.2) is 54.6 Å². The first kappa shape index (κ1) is 13.1. The molecular weight excluding hydrogens is 300 g/mol. The van der Waals surface area contributed by atoms with E-state index < -0.39 is 0 Å². The smallest absolute Gasteiger partial charge is 0.146 e. The van der Waals surface area contributed by atoms with Crippen molar-refractivity contribution < 1.29 is 4.74 Å². The Morgan fingerprint density at radius 3 is 1.88 bits per heavy atom. The molecule has 0 unspecified atom stereocenters. The summed E-state index contributed by atoms with van der Waals surface area (Å²) < 4.78 is 5.42. The van der Waals surface area contributed by atoms with E-state index in [9.17, 15) is 0 Å². The van der Waals surface area contributed by atoms with Crippen LogP contribution in [0.2, 0.25) is 0 Å². The zero-order valence-corrected chi connectivity index (χ0v) is 12.9. The van der Waals surface area contributed by atoms with Gasteiger partial charge in [-0.3, -0.25) is 0 Å². The van der Waals surface area contributed by atoms with Gasteiger partial charge in [0, 0.05) is 0 Å². The first-order valence-electron chi connectivity index (χ1n) is 7.63. The largest absolute Gasteiger partial charge is 0.494 e. The van der Waals surface area contributed by atoms with Gasteiger partial charge in [0.15, 0.2) is 0 Å². The molecule has 5 rings (SSSR count).